The zero-order valence-electron chi connectivity index (χ0n) is 11.6. The van der Waals surface area contributed by atoms with Crippen LogP contribution in [0.4, 0.5) is 0 Å². The van der Waals surface area contributed by atoms with E-state index in [4.69, 9.17) is 5.11 Å². The molecule has 0 saturated carbocycles. The van der Waals surface area contributed by atoms with E-state index in [9.17, 15) is 9.59 Å². The maximum Gasteiger partial charge on any atom is 0.308 e. The first-order valence-electron chi connectivity index (χ1n) is 6.38. The van der Waals surface area contributed by atoms with Gasteiger partial charge in [0.15, 0.2) is 5.43 Å². The van der Waals surface area contributed by atoms with Crippen molar-refractivity contribution in [1.82, 2.24) is 4.57 Å². The Bertz CT molecular complexity index is 747. The quantitative estimate of drug-likeness (QED) is 0.827. The molecule has 0 fully saturated rings. The average Bonchev–Trinajstić information content (AvgIpc) is 2.35. The van der Waals surface area contributed by atoms with E-state index in [2.05, 4.69) is 22.6 Å². The minimum Gasteiger partial charge on any atom is -0.481 e. The third-order valence-electron chi connectivity index (χ3n) is 3.38. The number of nitrogens with zero attached hydrogens (tertiary/aromatic N) is 1. The normalized spacial score (nSPS) is 11.2. The summed E-state index contributed by atoms with van der Waals surface area (Å²) in [6, 6.07) is 5.86. The number of carboxylic acid groups (broad SMARTS) is 1. The molecule has 2 aromatic rings. The van der Waals surface area contributed by atoms with Crippen molar-refractivity contribution in [1.29, 1.82) is 0 Å². The molecule has 1 aromatic heterocycles. The summed E-state index contributed by atoms with van der Waals surface area (Å²) in [6.45, 7) is 5.87. The van der Waals surface area contributed by atoms with Crippen LogP contribution < -0.4 is 5.43 Å². The second-order valence-electron chi connectivity index (χ2n) is 5.09. The number of carbonyl (C=O) groups is 1. The molecule has 0 atom stereocenters. The Labute approximate surface area is 130 Å². The van der Waals surface area contributed by atoms with Gasteiger partial charge >= 0.3 is 5.97 Å². The fraction of sp³-hybridized carbons (Fsp3) is 0.333. The molecule has 0 bridgehead atoms. The molecule has 1 heterocycles. The van der Waals surface area contributed by atoms with Crippen molar-refractivity contribution in [2.24, 2.45) is 0 Å². The SMILES string of the molecule is Cc1c(CC(=O)O)c(=O)c2cc(I)ccc2n1C(C)C. The van der Waals surface area contributed by atoms with Crippen molar-refractivity contribution in [2.75, 3.05) is 0 Å². The van der Waals surface area contributed by atoms with E-state index in [0.717, 1.165) is 14.8 Å². The zero-order valence-corrected chi connectivity index (χ0v) is 13.8. The molecular weight excluding hydrogens is 369 g/mol. The highest BCUT2D eigenvalue weighted by Crippen LogP contribution is 2.22. The molecule has 0 aliphatic heterocycles. The lowest BCUT2D eigenvalue weighted by molar-refractivity contribution is -0.136. The second-order valence-corrected chi connectivity index (χ2v) is 6.33. The average molecular weight is 385 g/mol. The summed E-state index contributed by atoms with van der Waals surface area (Å²) in [6.07, 6.45) is -0.237. The van der Waals surface area contributed by atoms with Crippen molar-refractivity contribution in [2.45, 2.75) is 33.2 Å². The second kappa shape index (κ2) is 5.55. The molecule has 2 rings (SSSR count). The van der Waals surface area contributed by atoms with Crippen molar-refractivity contribution >= 4 is 39.5 Å². The topological polar surface area (TPSA) is 59.3 Å². The number of carboxylic acids is 1. The van der Waals surface area contributed by atoms with Crippen molar-refractivity contribution < 1.29 is 9.90 Å². The Morgan fingerprint density at radius 3 is 2.60 bits per heavy atom. The monoisotopic (exact) mass is 385 g/mol. The molecule has 0 aliphatic carbocycles. The van der Waals surface area contributed by atoms with Gasteiger partial charge in [-0.1, -0.05) is 0 Å². The van der Waals surface area contributed by atoms with Crippen molar-refractivity contribution in [3.05, 3.63) is 43.2 Å². The Hall–Kier alpha value is -1.37. The highest BCUT2D eigenvalue weighted by atomic mass is 127. The van der Waals surface area contributed by atoms with Gasteiger partial charge in [0.1, 0.15) is 0 Å². The van der Waals surface area contributed by atoms with E-state index in [-0.39, 0.29) is 17.9 Å². The number of aliphatic carboxylic acids is 1. The molecule has 1 aromatic carbocycles. The van der Waals surface area contributed by atoms with Gasteiger partial charge < -0.3 is 9.67 Å². The maximum atomic E-state index is 12.5. The number of rotatable bonds is 3. The summed E-state index contributed by atoms with van der Waals surface area (Å²) in [5.74, 6) is -0.981. The molecule has 1 N–H and O–H groups in total. The fourth-order valence-electron chi connectivity index (χ4n) is 2.58. The molecule has 5 heteroatoms. The van der Waals surface area contributed by atoms with Crippen LogP contribution in [0.15, 0.2) is 23.0 Å². The van der Waals surface area contributed by atoms with E-state index in [0.29, 0.717) is 10.9 Å². The van der Waals surface area contributed by atoms with Gasteiger partial charge in [0.2, 0.25) is 0 Å². The van der Waals surface area contributed by atoms with Gasteiger partial charge in [-0.3, -0.25) is 9.59 Å². The summed E-state index contributed by atoms with van der Waals surface area (Å²) in [4.78, 5) is 23.5. The molecule has 0 radical (unpaired) electrons. The number of aromatic nitrogens is 1. The Morgan fingerprint density at radius 1 is 1.40 bits per heavy atom. The van der Waals surface area contributed by atoms with E-state index >= 15 is 0 Å². The maximum absolute atomic E-state index is 12.5. The molecule has 0 amide bonds. The van der Waals surface area contributed by atoms with Gasteiger partial charge in [0.25, 0.3) is 0 Å². The molecule has 0 unspecified atom stereocenters. The lowest BCUT2D eigenvalue weighted by atomic mass is 10.0. The van der Waals surface area contributed by atoms with Gasteiger partial charge in [-0.05, 0) is 61.6 Å². The first-order chi connectivity index (χ1) is 9.32. The summed E-state index contributed by atoms with van der Waals surface area (Å²) in [5, 5.41) is 9.61. The number of pyridine rings is 1. The highest BCUT2D eigenvalue weighted by molar-refractivity contribution is 14.1. The van der Waals surface area contributed by atoms with Crippen LogP contribution in [0, 0.1) is 10.5 Å². The lowest BCUT2D eigenvalue weighted by Crippen LogP contribution is -2.22. The third kappa shape index (κ3) is 2.59. The minimum absolute atomic E-state index is 0.158. The molecular formula is C15H16INO3. The molecule has 106 valence electrons. The number of hydrogen-bond acceptors (Lipinski definition) is 2. The summed E-state index contributed by atoms with van der Waals surface area (Å²) >= 11 is 2.15. The summed E-state index contributed by atoms with van der Waals surface area (Å²) in [5.41, 5.74) is 1.80. The van der Waals surface area contributed by atoms with Crippen molar-refractivity contribution in [3.63, 3.8) is 0 Å². The lowest BCUT2D eigenvalue weighted by Gasteiger charge is -2.21. The first kappa shape index (κ1) is 15.0. The molecule has 0 saturated heterocycles. The predicted molar refractivity (Wildman–Crippen MR) is 87.4 cm³/mol. The molecule has 0 spiro atoms. The number of hydrogen-bond donors (Lipinski definition) is 1. The van der Waals surface area contributed by atoms with E-state index in [1.807, 2.05) is 43.5 Å². The fourth-order valence-corrected chi connectivity index (χ4v) is 3.07. The van der Waals surface area contributed by atoms with Crippen LogP contribution in [-0.2, 0) is 11.2 Å². The third-order valence-corrected chi connectivity index (χ3v) is 4.05. The Morgan fingerprint density at radius 2 is 2.05 bits per heavy atom. The first-order valence-corrected chi connectivity index (χ1v) is 7.45. The molecule has 4 nitrogen and oxygen atoms in total. The summed E-state index contributed by atoms with van der Waals surface area (Å²) in [7, 11) is 0. The summed E-state index contributed by atoms with van der Waals surface area (Å²) < 4.78 is 3.00. The van der Waals surface area contributed by atoms with Gasteiger partial charge in [0.05, 0.1) is 11.9 Å². The van der Waals surface area contributed by atoms with Crippen LogP contribution in [0.2, 0.25) is 0 Å². The highest BCUT2D eigenvalue weighted by Gasteiger charge is 2.17. The number of benzene rings is 1. The Balaban J connectivity index is 2.94. The van der Waals surface area contributed by atoms with Crippen LogP contribution >= 0.6 is 22.6 Å². The number of halogens is 1. The van der Waals surface area contributed by atoms with E-state index < -0.39 is 5.97 Å². The minimum atomic E-state index is -0.981. The van der Waals surface area contributed by atoms with Gasteiger partial charge in [0, 0.05) is 26.3 Å². The largest absolute Gasteiger partial charge is 0.481 e. The van der Waals surface area contributed by atoms with E-state index in [1.165, 1.54) is 0 Å². The molecule has 0 aliphatic rings. The standard InChI is InChI=1S/C15H16INO3/c1-8(2)17-9(3)11(7-14(18)19)15(20)12-6-10(16)4-5-13(12)17/h4-6,8H,7H2,1-3H3,(H,18,19). The van der Waals surface area contributed by atoms with Gasteiger partial charge in [-0.15, -0.1) is 0 Å². The predicted octanol–water partition coefficient (Wildman–Crippen LogP) is 3.12. The zero-order chi connectivity index (χ0) is 15.0. The van der Waals surface area contributed by atoms with Crippen molar-refractivity contribution in [3.8, 4) is 0 Å². The van der Waals surface area contributed by atoms with Gasteiger partial charge in [-0.2, -0.15) is 0 Å². The van der Waals surface area contributed by atoms with Crippen LogP contribution in [0.25, 0.3) is 10.9 Å². The molecule has 20 heavy (non-hydrogen) atoms. The number of fused-ring (bicyclic) bond motifs is 1. The van der Waals surface area contributed by atoms with Crippen LogP contribution in [0.3, 0.4) is 0 Å². The van der Waals surface area contributed by atoms with Crippen LogP contribution in [0.1, 0.15) is 31.1 Å². The van der Waals surface area contributed by atoms with E-state index in [1.54, 1.807) is 0 Å². The van der Waals surface area contributed by atoms with Crippen LogP contribution in [-0.4, -0.2) is 15.6 Å². The van der Waals surface area contributed by atoms with Gasteiger partial charge in [-0.25, -0.2) is 0 Å². The van der Waals surface area contributed by atoms with Crippen LogP contribution in [0.5, 0.6) is 0 Å². The Kier molecular flexibility index (Phi) is 4.17. The smallest absolute Gasteiger partial charge is 0.308 e.